The fourth-order valence-electron chi connectivity index (χ4n) is 4.22. The molecule has 7 nitrogen and oxygen atoms in total. The van der Waals surface area contributed by atoms with Crippen LogP contribution >= 0.6 is 0 Å². The van der Waals surface area contributed by atoms with Gasteiger partial charge < -0.3 is 19.5 Å². The van der Waals surface area contributed by atoms with Crippen molar-refractivity contribution in [3.63, 3.8) is 0 Å². The van der Waals surface area contributed by atoms with Gasteiger partial charge in [0.15, 0.2) is 0 Å². The van der Waals surface area contributed by atoms with Crippen molar-refractivity contribution in [2.75, 3.05) is 25.0 Å². The first kappa shape index (κ1) is 20.6. The lowest BCUT2D eigenvalue weighted by atomic mass is 9.97. The van der Waals surface area contributed by atoms with E-state index in [9.17, 15) is 13.6 Å². The number of fused-ring (bicyclic) bond motifs is 1. The molecule has 0 saturated carbocycles. The number of likely N-dealkylation sites (tertiary alicyclic amines) is 1. The third kappa shape index (κ3) is 4.71. The normalized spacial score (nSPS) is 19.3. The van der Waals surface area contributed by atoms with Crippen LogP contribution in [0.4, 0.5) is 19.3 Å². The van der Waals surface area contributed by atoms with Gasteiger partial charge >= 0.3 is 6.03 Å². The second-order valence-electron chi connectivity index (χ2n) is 7.85. The zero-order chi connectivity index (χ0) is 20.9. The van der Waals surface area contributed by atoms with Crippen LogP contribution in [0, 0.1) is 0 Å². The maximum Gasteiger partial charge on any atom is 0.321 e. The molecule has 0 spiro atoms. The van der Waals surface area contributed by atoms with E-state index in [1.165, 1.54) is 6.42 Å². The molecule has 1 aromatic heterocycles. The molecule has 4 rings (SSSR count). The zero-order valence-electron chi connectivity index (χ0n) is 16.9. The monoisotopic (exact) mass is 419 g/mol. The van der Waals surface area contributed by atoms with Gasteiger partial charge in [-0.15, -0.1) is 10.2 Å². The Morgan fingerprint density at radius 3 is 2.90 bits per heavy atom. The Kier molecular flexibility index (Phi) is 6.44. The number of aromatic nitrogens is 3. The SMILES string of the molecule is O=C(Nc1ccccc1OCC(F)F)N1CCCC(c2nnc3n2CCCCC3)C1. The van der Waals surface area contributed by atoms with Gasteiger partial charge in [-0.25, -0.2) is 13.6 Å². The average molecular weight is 419 g/mol. The fourth-order valence-corrected chi connectivity index (χ4v) is 4.22. The summed E-state index contributed by atoms with van der Waals surface area (Å²) >= 11 is 0. The molecule has 1 saturated heterocycles. The quantitative estimate of drug-likeness (QED) is 0.793. The van der Waals surface area contributed by atoms with Gasteiger partial charge in [-0.1, -0.05) is 18.6 Å². The molecule has 1 aromatic carbocycles. The topological polar surface area (TPSA) is 72.3 Å². The average Bonchev–Trinajstić information content (AvgIpc) is 3.01. The highest BCUT2D eigenvalue weighted by molar-refractivity contribution is 5.91. The number of urea groups is 1. The highest BCUT2D eigenvalue weighted by atomic mass is 19.3. The molecular formula is C21H27F2N5O2. The minimum Gasteiger partial charge on any atom is -0.485 e. The van der Waals surface area contributed by atoms with Gasteiger partial charge in [0.25, 0.3) is 6.43 Å². The third-order valence-electron chi connectivity index (χ3n) is 5.71. The molecular weight excluding hydrogens is 392 g/mol. The molecule has 2 aromatic rings. The first-order chi connectivity index (χ1) is 14.6. The Morgan fingerprint density at radius 1 is 1.17 bits per heavy atom. The number of aryl methyl sites for hydroxylation is 1. The summed E-state index contributed by atoms with van der Waals surface area (Å²) in [6, 6.07) is 6.38. The number of halogens is 2. The van der Waals surface area contributed by atoms with Gasteiger partial charge in [-0.2, -0.15) is 0 Å². The molecule has 1 fully saturated rings. The van der Waals surface area contributed by atoms with Gasteiger partial charge in [0, 0.05) is 32.0 Å². The van der Waals surface area contributed by atoms with Crippen LogP contribution in [0.3, 0.4) is 0 Å². The van der Waals surface area contributed by atoms with Crippen molar-refractivity contribution in [1.29, 1.82) is 0 Å². The Morgan fingerprint density at radius 2 is 2.03 bits per heavy atom. The molecule has 1 N–H and O–H groups in total. The van der Waals surface area contributed by atoms with Crippen LogP contribution in [0.2, 0.25) is 0 Å². The standard InChI is InChI=1S/C21H27F2N5O2/c22-18(23)14-30-17-9-4-3-8-16(17)24-21(29)27-11-6-7-15(13-27)20-26-25-19-10-2-1-5-12-28(19)20/h3-4,8-9,15,18H,1-2,5-7,10-14H2,(H,24,29). The minimum absolute atomic E-state index is 0.147. The number of amides is 2. The van der Waals surface area contributed by atoms with Crippen LogP contribution in [0.25, 0.3) is 0 Å². The molecule has 30 heavy (non-hydrogen) atoms. The minimum atomic E-state index is -2.57. The molecule has 1 atom stereocenters. The number of ether oxygens (including phenoxy) is 1. The van der Waals surface area contributed by atoms with Crippen LogP contribution in [-0.4, -0.2) is 51.8 Å². The number of alkyl halides is 2. The number of rotatable bonds is 5. The molecule has 2 aliphatic rings. The first-order valence-corrected chi connectivity index (χ1v) is 10.6. The van der Waals surface area contributed by atoms with E-state index in [0.29, 0.717) is 18.8 Å². The lowest BCUT2D eigenvalue weighted by molar-refractivity contribution is 0.0822. The van der Waals surface area contributed by atoms with E-state index in [-0.39, 0.29) is 17.7 Å². The van der Waals surface area contributed by atoms with E-state index >= 15 is 0 Å². The van der Waals surface area contributed by atoms with E-state index < -0.39 is 13.0 Å². The van der Waals surface area contributed by atoms with Crippen LogP contribution < -0.4 is 10.1 Å². The number of carbonyl (C=O) groups is 1. The predicted molar refractivity (Wildman–Crippen MR) is 108 cm³/mol. The maximum absolute atomic E-state index is 12.9. The van der Waals surface area contributed by atoms with E-state index in [1.54, 1.807) is 29.2 Å². The second-order valence-corrected chi connectivity index (χ2v) is 7.85. The van der Waals surface area contributed by atoms with Crippen LogP contribution in [0.15, 0.2) is 24.3 Å². The largest absolute Gasteiger partial charge is 0.485 e. The summed E-state index contributed by atoms with van der Waals surface area (Å²) in [4.78, 5) is 14.6. The number of nitrogens with one attached hydrogen (secondary N) is 1. The van der Waals surface area contributed by atoms with E-state index in [1.807, 2.05) is 0 Å². The van der Waals surface area contributed by atoms with Gasteiger partial charge in [0.2, 0.25) is 0 Å². The van der Waals surface area contributed by atoms with Gasteiger partial charge in [-0.3, -0.25) is 0 Å². The summed E-state index contributed by atoms with van der Waals surface area (Å²) in [6.45, 7) is 1.43. The Labute approximate surface area is 174 Å². The summed E-state index contributed by atoms with van der Waals surface area (Å²) in [6.07, 6.45) is 3.71. The number of nitrogens with zero attached hydrogens (tertiary/aromatic N) is 4. The van der Waals surface area contributed by atoms with Crippen molar-refractivity contribution in [1.82, 2.24) is 19.7 Å². The number of piperidine rings is 1. The summed E-state index contributed by atoms with van der Waals surface area (Å²) in [7, 11) is 0. The van der Waals surface area contributed by atoms with Gasteiger partial charge in [-0.05, 0) is 37.8 Å². The molecule has 9 heteroatoms. The molecule has 2 aliphatic heterocycles. The Bertz CT molecular complexity index is 873. The first-order valence-electron chi connectivity index (χ1n) is 10.6. The second kappa shape index (κ2) is 9.40. The number of anilines is 1. The number of hydrogen-bond acceptors (Lipinski definition) is 4. The maximum atomic E-state index is 12.9. The number of hydrogen-bond donors (Lipinski definition) is 1. The van der Waals surface area contributed by atoms with E-state index in [2.05, 4.69) is 20.1 Å². The van der Waals surface area contributed by atoms with Crippen molar-refractivity contribution < 1.29 is 18.3 Å². The summed E-state index contributed by atoms with van der Waals surface area (Å²) < 4.78 is 32.4. The Hall–Kier alpha value is -2.71. The fraction of sp³-hybridized carbons (Fsp3) is 0.571. The molecule has 1 unspecified atom stereocenters. The predicted octanol–water partition coefficient (Wildman–Crippen LogP) is 4.06. The third-order valence-corrected chi connectivity index (χ3v) is 5.71. The van der Waals surface area contributed by atoms with Crippen LogP contribution in [0.5, 0.6) is 5.75 Å². The number of carbonyl (C=O) groups excluding carboxylic acids is 1. The highest BCUT2D eigenvalue weighted by Gasteiger charge is 2.29. The molecule has 0 bridgehead atoms. The summed E-state index contributed by atoms with van der Waals surface area (Å²) in [5, 5.41) is 11.7. The molecule has 162 valence electrons. The van der Waals surface area contributed by atoms with Crippen molar-refractivity contribution in [3.05, 3.63) is 35.9 Å². The molecule has 0 radical (unpaired) electrons. The zero-order valence-corrected chi connectivity index (χ0v) is 16.9. The summed E-state index contributed by atoms with van der Waals surface area (Å²) in [5.41, 5.74) is 0.390. The van der Waals surface area contributed by atoms with Gasteiger partial charge in [0.05, 0.1) is 5.69 Å². The molecule has 0 aliphatic carbocycles. The molecule has 3 heterocycles. The Balaban J connectivity index is 1.43. The van der Waals surface area contributed by atoms with Crippen LogP contribution in [0.1, 0.15) is 49.7 Å². The van der Waals surface area contributed by atoms with E-state index in [4.69, 9.17) is 4.74 Å². The lowest BCUT2D eigenvalue weighted by Crippen LogP contribution is -2.42. The van der Waals surface area contributed by atoms with Gasteiger partial charge in [0.1, 0.15) is 24.0 Å². The number of benzene rings is 1. The van der Waals surface area contributed by atoms with Crippen molar-refractivity contribution in [3.8, 4) is 5.75 Å². The number of para-hydroxylation sites is 2. The lowest BCUT2D eigenvalue weighted by Gasteiger charge is -2.32. The van der Waals surface area contributed by atoms with Crippen LogP contribution in [-0.2, 0) is 13.0 Å². The van der Waals surface area contributed by atoms with E-state index in [0.717, 1.165) is 50.3 Å². The highest BCUT2D eigenvalue weighted by Crippen LogP contribution is 2.29. The smallest absolute Gasteiger partial charge is 0.321 e. The molecule has 2 amide bonds. The van der Waals surface area contributed by atoms with Crippen molar-refractivity contribution in [2.24, 2.45) is 0 Å². The van der Waals surface area contributed by atoms with Crippen molar-refractivity contribution >= 4 is 11.7 Å². The van der Waals surface area contributed by atoms with Crippen molar-refractivity contribution in [2.45, 2.75) is 57.4 Å². The summed E-state index contributed by atoms with van der Waals surface area (Å²) in [5.74, 6) is 2.41.